The Bertz CT molecular complexity index is 566. The molecule has 0 N–H and O–H groups in total. The molecule has 1 aromatic rings. The molecule has 0 fully saturated rings. The number of allylic oxidation sites excluding steroid dienone is 2. The number of halogens is 2. The second kappa shape index (κ2) is 5.56. The van der Waals surface area contributed by atoms with Crippen LogP contribution in [0.25, 0.3) is 5.57 Å². The summed E-state index contributed by atoms with van der Waals surface area (Å²) in [6, 6.07) is 7.37. The number of hydrogen-bond donors (Lipinski definition) is 0. The molecular weight excluding hydrogens is 378 g/mol. The third kappa shape index (κ3) is 2.66. The first-order chi connectivity index (χ1) is 8.99. The van der Waals surface area contributed by atoms with E-state index in [0.29, 0.717) is 5.57 Å². The summed E-state index contributed by atoms with van der Waals surface area (Å²) >= 11 is 6.66. The molecular formula is C13H11Br2NO3. The zero-order valence-corrected chi connectivity index (χ0v) is 13.3. The van der Waals surface area contributed by atoms with E-state index in [0.717, 1.165) is 14.5 Å². The molecule has 4 nitrogen and oxygen atoms in total. The molecule has 0 saturated heterocycles. The lowest BCUT2D eigenvalue weighted by Gasteiger charge is -2.28. The summed E-state index contributed by atoms with van der Waals surface area (Å²) in [6.07, 6.45) is 3.72. The summed E-state index contributed by atoms with van der Waals surface area (Å²) in [7, 11) is 1.36. The number of methoxy groups -OCH3 is 1. The summed E-state index contributed by atoms with van der Waals surface area (Å²) in [5, 5.41) is 11.5. The maximum Gasteiger partial charge on any atom is 0.356 e. The Balaban J connectivity index is 2.56. The SMILES string of the molecule is CO[C@]1([N+](=O)[O-])CC(Br)=CC=C1c1ccc(Br)cc1. The molecule has 0 heterocycles. The molecule has 0 aliphatic heterocycles. The van der Waals surface area contributed by atoms with E-state index in [2.05, 4.69) is 31.9 Å². The van der Waals surface area contributed by atoms with Crippen LogP contribution < -0.4 is 0 Å². The zero-order chi connectivity index (χ0) is 14.0. The Hall–Kier alpha value is -0.980. The highest BCUT2D eigenvalue weighted by atomic mass is 79.9. The van der Waals surface area contributed by atoms with Gasteiger partial charge in [0.05, 0.1) is 16.9 Å². The monoisotopic (exact) mass is 387 g/mol. The molecule has 0 saturated carbocycles. The van der Waals surface area contributed by atoms with Gasteiger partial charge in [0.25, 0.3) is 0 Å². The van der Waals surface area contributed by atoms with Crippen LogP contribution in [-0.4, -0.2) is 17.8 Å². The molecule has 2 rings (SSSR count). The van der Waals surface area contributed by atoms with E-state index in [1.165, 1.54) is 7.11 Å². The third-order valence-corrected chi connectivity index (χ3v) is 4.12. The van der Waals surface area contributed by atoms with Crippen molar-refractivity contribution in [2.45, 2.75) is 12.1 Å². The van der Waals surface area contributed by atoms with Crippen LogP contribution in [0.2, 0.25) is 0 Å². The van der Waals surface area contributed by atoms with E-state index in [1.807, 2.05) is 30.3 Å². The summed E-state index contributed by atoms with van der Waals surface area (Å²) in [4.78, 5) is 11.1. The first-order valence-corrected chi connectivity index (χ1v) is 7.10. The highest BCUT2D eigenvalue weighted by Gasteiger charge is 2.49. The molecule has 6 heteroatoms. The predicted molar refractivity (Wildman–Crippen MR) is 80.5 cm³/mol. The topological polar surface area (TPSA) is 52.4 Å². The van der Waals surface area contributed by atoms with Crippen molar-refractivity contribution in [2.24, 2.45) is 0 Å². The quantitative estimate of drug-likeness (QED) is 0.444. The number of rotatable bonds is 3. The minimum absolute atomic E-state index is 0.179. The Morgan fingerprint density at radius 1 is 1.26 bits per heavy atom. The number of ether oxygens (including phenoxy) is 1. The van der Waals surface area contributed by atoms with Gasteiger partial charge in [-0.05, 0) is 23.8 Å². The predicted octanol–water partition coefficient (Wildman–Crippen LogP) is 4.13. The second-order valence-electron chi connectivity index (χ2n) is 4.12. The Labute approximate surface area is 127 Å². The van der Waals surface area contributed by atoms with Gasteiger partial charge >= 0.3 is 5.72 Å². The van der Waals surface area contributed by atoms with Crippen molar-refractivity contribution in [1.82, 2.24) is 0 Å². The summed E-state index contributed by atoms with van der Waals surface area (Å²) in [6.45, 7) is 0. The van der Waals surface area contributed by atoms with Gasteiger partial charge in [0.2, 0.25) is 0 Å². The molecule has 0 unspecified atom stereocenters. The summed E-state index contributed by atoms with van der Waals surface area (Å²) in [5.74, 6) is 0. The number of nitrogens with zero attached hydrogens (tertiary/aromatic N) is 1. The van der Waals surface area contributed by atoms with Gasteiger partial charge in [-0.3, -0.25) is 10.1 Å². The fraction of sp³-hybridized carbons (Fsp3) is 0.231. The molecule has 1 aliphatic rings. The van der Waals surface area contributed by atoms with Gasteiger partial charge in [0.1, 0.15) is 0 Å². The van der Waals surface area contributed by atoms with Gasteiger partial charge in [-0.15, -0.1) is 0 Å². The van der Waals surface area contributed by atoms with Crippen LogP contribution in [0.15, 0.2) is 45.4 Å². The van der Waals surface area contributed by atoms with Crippen molar-refractivity contribution in [1.29, 1.82) is 0 Å². The number of nitro groups is 1. The van der Waals surface area contributed by atoms with Gasteiger partial charge in [0.15, 0.2) is 0 Å². The second-order valence-corrected chi connectivity index (χ2v) is 6.06. The molecule has 0 amide bonds. The average Bonchev–Trinajstić information content (AvgIpc) is 2.39. The van der Waals surface area contributed by atoms with Gasteiger partial charge in [0, 0.05) is 16.1 Å². The lowest BCUT2D eigenvalue weighted by molar-refractivity contribution is -0.605. The lowest BCUT2D eigenvalue weighted by Crippen LogP contribution is -2.42. The van der Waals surface area contributed by atoms with Crippen molar-refractivity contribution < 1.29 is 9.66 Å². The van der Waals surface area contributed by atoms with Crippen LogP contribution in [0.5, 0.6) is 0 Å². The van der Waals surface area contributed by atoms with Crippen molar-refractivity contribution in [3.8, 4) is 0 Å². The van der Waals surface area contributed by atoms with Crippen molar-refractivity contribution in [2.75, 3.05) is 7.11 Å². The van der Waals surface area contributed by atoms with E-state index in [9.17, 15) is 10.1 Å². The first kappa shape index (κ1) is 14.4. The van der Waals surface area contributed by atoms with Crippen LogP contribution in [0.3, 0.4) is 0 Å². The smallest absolute Gasteiger partial charge is 0.314 e. The van der Waals surface area contributed by atoms with Gasteiger partial charge < -0.3 is 4.74 Å². The van der Waals surface area contributed by atoms with E-state index in [1.54, 1.807) is 6.08 Å². The molecule has 1 aliphatic carbocycles. The highest BCUT2D eigenvalue weighted by Crippen LogP contribution is 2.40. The molecule has 1 atom stereocenters. The van der Waals surface area contributed by atoms with Crippen molar-refractivity contribution in [3.63, 3.8) is 0 Å². The van der Waals surface area contributed by atoms with Gasteiger partial charge in [-0.25, -0.2) is 0 Å². The number of hydrogen-bond acceptors (Lipinski definition) is 3. The standard InChI is InChI=1S/C13H11Br2NO3/c1-19-13(16(17)18)8-11(15)6-7-12(13)9-2-4-10(14)5-3-9/h2-7H,8H2,1H3/t13-/m1/s1. The van der Waals surface area contributed by atoms with Crippen LogP contribution in [0.4, 0.5) is 0 Å². The average molecular weight is 389 g/mol. The third-order valence-electron chi connectivity index (χ3n) is 3.05. The van der Waals surface area contributed by atoms with E-state index < -0.39 is 5.72 Å². The fourth-order valence-electron chi connectivity index (χ4n) is 2.06. The molecule has 0 radical (unpaired) electrons. The normalized spacial score (nSPS) is 22.7. The zero-order valence-electron chi connectivity index (χ0n) is 10.1. The molecule has 1 aromatic carbocycles. The summed E-state index contributed by atoms with van der Waals surface area (Å²) in [5.41, 5.74) is -0.213. The molecule has 19 heavy (non-hydrogen) atoms. The first-order valence-electron chi connectivity index (χ1n) is 5.52. The van der Waals surface area contributed by atoms with Crippen molar-refractivity contribution in [3.05, 3.63) is 61.1 Å². The van der Waals surface area contributed by atoms with E-state index in [-0.39, 0.29) is 11.3 Å². The van der Waals surface area contributed by atoms with Crippen LogP contribution in [0.1, 0.15) is 12.0 Å². The Kier molecular flexibility index (Phi) is 4.23. The van der Waals surface area contributed by atoms with Crippen LogP contribution in [0, 0.1) is 10.1 Å². The van der Waals surface area contributed by atoms with Gasteiger partial charge in [-0.1, -0.05) is 50.1 Å². The fourth-order valence-corrected chi connectivity index (χ4v) is 2.83. The highest BCUT2D eigenvalue weighted by molar-refractivity contribution is 9.11. The van der Waals surface area contributed by atoms with E-state index >= 15 is 0 Å². The summed E-state index contributed by atoms with van der Waals surface area (Å²) < 4.78 is 6.93. The van der Waals surface area contributed by atoms with Crippen LogP contribution >= 0.6 is 31.9 Å². The maximum atomic E-state index is 11.5. The maximum absolute atomic E-state index is 11.5. The number of benzene rings is 1. The molecule has 0 aromatic heterocycles. The molecule has 0 bridgehead atoms. The Morgan fingerprint density at radius 2 is 1.89 bits per heavy atom. The van der Waals surface area contributed by atoms with Gasteiger partial charge in [-0.2, -0.15) is 0 Å². The van der Waals surface area contributed by atoms with E-state index in [4.69, 9.17) is 4.74 Å². The van der Waals surface area contributed by atoms with Crippen LogP contribution in [-0.2, 0) is 4.74 Å². The molecule has 100 valence electrons. The lowest BCUT2D eigenvalue weighted by atomic mass is 9.89. The van der Waals surface area contributed by atoms with Crippen molar-refractivity contribution >= 4 is 37.4 Å². The largest absolute Gasteiger partial charge is 0.356 e. The Morgan fingerprint density at radius 3 is 2.42 bits per heavy atom. The minimum Gasteiger partial charge on any atom is -0.314 e. The molecule has 0 spiro atoms. The minimum atomic E-state index is -1.54.